The molecule has 0 N–H and O–H groups in total. The van der Waals surface area contributed by atoms with E-state index >= 15 is 0 Å². The van der Waals surface area contributed by atoms with Gasteiger partial charge in [0.25, 0.3) is 0 Å². The largest absolute Gasteiger partial charge is 0.457 e. The lowest BCUT2D eigenvalue weighted by atomic mass is 9.80. The Morgan fingerprint density at radius 3 is 2.05 bits per heavy atom. The van der Waals surface area contributed by atoms with Crippen molar-refractivity contribution in [2.45, 2.75) is 18.6 Å². The van der Waals surface area contributed by atoms with Crippen LogP contribution in [0.1, 0.15) is 23.6 Å². The number of hydrogen-bond donors (Lipinski definition) is 0. The second kappa shape index (κ2) is 10.2. The smallest absolute Gasteiger partial charge is 0.416 e. The van der Waals surface area contributed by atoms with Crippen LogP contribution in [-0.2, 0) is 11.7 Å². The SMILES string of the molecule is CN1C=CN(c2cccc(Oc3cccc(N4CN(C)C(C)(c5ccc(C(F)(F)F)cc5)c5ccccc54)c3)c2)C1. The molecule has 5 nitrogen and oxygen atoms in total. The Balaban J connectivity index is 1.30. The van der Waals surface area contributed by atoms with Crippen molar-refractivity contribution in [2.24, 2.45) is 0 Å². The number of alkyl halides is 3. The number of hydrogen-bond acceptors (Lipinski definition) is 5. The maximum absolute atomic E-state index is 13.3. The van der Waals surface area contributed by atoms with Gasteiger partial charge in [0.05, 0.1) is 24.4 Å². The Bertz CT molecular complexity index is 1590. The molecule has 8 heteroatoms. The number of nitrogens with zero attached hydrogens (tertiary/aromatic N) is 4. The van der Waals surface area contributed by atoms with Crippen molar-refractivity contribution in [2.75, 3.05) is 37.2 Å². The van der Waals surface area contributed by atoms with E-state index in [0.717, 1.165) is 52.7 Å². The number of para-hydroxylation sites is 1. The minimum Gasteiger partial charge on any atom is -0.457 e. The van der Waals surface area contributed by atoms with Crippen molar-refractivity contribution in [3.05, 3.63) is 126 Å². The summed E-state index contributed by atoms with van der Waals surface area (Å²) in [6, 6.07) is 29.5. The van der Waals surface area contributed by atoms with Crippen molar-refractivity contribution < 1.29 is 17.9 Å². The first-order valence-electron chi connectivity index (χ1n) is 13.4. The molecule has 2 aliphatic rings. The van der Waals surface area contributed by atoms with E-state index in [1.54, 1.807) is 12.1 Å². The van der Waals surface area contributed by atoms with Crippen LogP contribution in [0, 0.1) is 0 Å². The minimum atomic E-state index is -4.37. The zero-order valence-corrected chi connectivity index (χ0v) is 23.1. The third-order valence-corrected chi connectivity index (χ3v) is 8.00. The van der Waals surface area contributed by atoms with E-state index in [2.05, 4.69) is 38.7 Å². The minimum absolute atomic E-state index is 0.530. The molecule has 0 amide bonds. The highest BCUT2D eigenvalue weighted by Crippen LogP contribution is 2.47. The van der Waals surface area contributed by atoms with Gasteiger partial charge in [0.15, 0.2) is 0 Å². The van der Waals surface area contributed by atoms with Crippen LogP contribution >= 0.6 is 0 Å². The van der Waals surface area contributed by atoms with Gasteiger partial charge in [-0.3, -0.25) is 4.90 Å². The highest BCUT2D eigenvalue weighted by Gasteiger charge is 2.41. The van der Waals surface area contributed by atoms with Gasteiger partial charge < -0.3 is 19.4 Å². The average Bonchev–Trinajstić information content (AvgIpc) is 3.41. The number of fused-ring (bicyclic) bond motifs is 1. The van der Waals surface area contributed by atoms with Gasteiger partial charge in [0.1, 0.15) is 11.5 Å². The standard InChI is InChI=1S/C33H31F3N4O/c1-32(24-14-16-25(17-15-24)33(34,35)36)30-12-4-5-13-31(30)40(23-38(32)3)27-9-7-11-29(21-27)41-28-10-6-8-26(20-28)39-19-18-37(2)22-39/h4-21H,22-23H2,1-3H3. The summed E-state index contributed by atoms with van der Waals surface area (Å²) in [5.74, 6) is 1.46. The van der Waals surface area contributed by atoms with E-state index in [1.807, 2.05) is 87.2 Å². The fraction of sp³-hybridized carbons (Fsp3) is 0.212. The zero-order chi connectivity index (χ0) is 28.8. The number of benzene rings is 4. The number of ether oxygens (including phenoxy) is 1. The normalized spacial score (nSPS) is 19.0. The van der Waals surface area contributed by atoms with Crippen LogP contribution in [0.3, 0.4) is 0 Å². The molecular formula is C33H31F3N4O. The Labute approximate surface area is 238 Å². The van der Waals surface area contributed by atoms with Crippen LogP contribution in [0.4, 0.5) is 30.2 Å². The quantitative estimate of drug-likeness (QED) is 0.248. The van der Waals surface area contributed by atoms with Gasteiger partial charge >= 0.3 is 6.18 Å². The first kappa shape index (κ1) is 26.8. The third kappa shape index (κ3) is 5.00. The molecule has 0 bridgehead atoms. The van der Waals surface area contributed by atoms with Gasteiger partial charge in [0, 0.05) is 54.2 Å². The van der Waals surface area contributed by atoms with E-state index in [1.165, 1.54) is 0 Å². The van der Waals surface area contributed by atoms with Gasteiger partial charge in [-0.25, -0.2) is 0 Å². The summed E-state index contributed by atoms with van der Waals surface area (Å²) >= 11 is 0. The van der Waals surface area contributed by atoms with Gasteiger partial charge in [0.2, 0.25) is 0 Å². The van der Waals surface area contributed by atoms with Crippen LogP contribution < -0.4 is 14.5 Å². The predicted molar refractivity (Wildman–Crippen MR) is 156 cm³/mol. The monoisotopic (exact) mass is 556 g/mol. The molecule has 0 aliphatic carbocycles. The van der Waals surface area contributed by atoms with E-state index in [9.17, 15) is 13.2 Å². The summed E-state index contributed by atoms with van der Waals surface area (Å²) in [4.78, 5) is 8.62. The molecule has 4 aromatic carbocycles. The van der Waals surface area contributed by atoms with E-state index in [4.69, 9.17) is 4.74 Å². The molecule has 0 saturated heterocycles. The molecule has 210 valence electrons. The number of anilines is 3. The molecule has 0 aromatic heterocycles. The summed E-state index contributed by atoms with van der Waals surface area (Å²) in [6.45, 7) is 3.38. The molecule has 0 saturated carbocycles. The first-order valence-corrected chi connectivity index (χ1v) is 13.4. The van der Waals surface area contributed by atoms with Gasteiger partial charge in [-0.1, -0.05) is 42.5 Å². The molecule has 2 aliphatic heterocycles. The van der Waals surface area contributed by atoms with Crippen LogP contribution in [0.2, 0.25) is 0 Å². The Hall–Kier alpha value is -4.43. The fourth-order valence-corrected chi connectivity index (χ4v) is 5.61. The third-order valence-electron chi connectivity index (χ3n) is 8.00. The molecule has 41 heavy (non-hydrogen) atoms. The van der Waals surface area contributed by atoms with Crippen molar-refractivity contribution >= 4 is 17.1 Å². The van der Waals surface area contributed by atoms with Crippen molar-refractivity contribution in [3.8, 4) is 11.5 Å². The average molecular weight is 557 g/mol. The molecule has 6 rings (SSSR count). The van der Waals surface area contributed by atoms with Gasteiger partial charge in [-0.2, -0.15) is 13.2 Å². The lowest BCUT2D eigenvalue weighted by Crippen LogP contribution is -2.51. The van der Waals surface area contributed by atoms with Crippen molar-refractivity contribution in [3.63, 3.8) is 0 Å². The van der Waals surface area contributed by atoms with Crippen LogP contribution in [0.25, 0.3) is 0 Å². The summed E-state index contributed by atoms with van der Waals surface area (Å²) in [5, 5.41) is 0. The van der Waals surface area contributed by atoms with Crippen LogP contribution in [0.5, 0.6) is 11.5 Å². The molecule has 1 atom stereocenters. The van der Waals surface area contributed by atoms with Crippen molar-refractivity contribution in [1.82, 2.24) is 9.80 Å². The van der Waals surface area contributed by atoms with E-state index in [0.29, 0.717) is 12.4 Å². The van der Waals surface area contributed by atoms with Gasteiger partial charge in [-0.15, -0.1) is 0 Å². The molecule has 0 spiro atoms. The van der Waals surface area contributed by atoms with Crippen molar-refractivity contribution in [1.29, 1.82) is 0 Å². The first-order chi connectivity index (χ1) is 19.6. The summed E-state index contributed by atoms with van der Waals surface area (Å²) in [5.41, 5.74) is 3.54. The number of rotatable bonds is 5. The fourth-order valence-electron chi connectivity index (χ4n) is 5.61. The molecular weight excluding hydrogens is 525 g/mol. The summed E-state index contributed by atoms with van der Waals surface area (Å²) in [7, 11) is 4.03. The lowest BCUT2D eigenvalue weighted by Gasteiger charge is -2.49. The Morgan fingerprint density at radius 2 is 1.39 bits per heavy atom. The maximum atomic E-state index is 13.3. The zero-order valence-electron chi connectivity index (χ0n) is 23.1. The number of halogens is 3. The molecule has 0 radical (unpaired) electrons. The van der Waals surface area contributed by atoms with Crippen LogP contribution in [-0.4, -0.2) is 37.2 Å². The Kier molecular flexibility index (Phi) is 6.66. The van der Waals surface area contributed by atoms with Gasteiger partial charge in [-0.05, 0) is 62.0 Å². The molecule has 0 fully saturated rings. The Morgan fingerprint density at radius 1 is 0.732 bits per heavy atom. The molecule has 1 unspecified atom stereocenters. The topological polar surface area (TPSA) is 22.2 Å². The lowest BCUT2D eigenvalue weighted by molar-refractivity contribution is -0.137. The summed E-state index contributed by atoms with van der Waals surface area (Å²) in [6.07, 6.45) is -0.293. The van der Waals surface area contributed by atoms with E-state index < -0.39 is 17.3 Å². The highest BCUT2D eigenvalue weighted by molar-refractivity contribution is 5.71. The van der Waals surface area contributed by atoms with Crippen LogP contribution in [0.15, 0.2) is 109 Å². The van der Waals surface area contributed by atoms with E-state index in [-0.39, 0.29) is 0 Å². The summed E-state index contributed by atoms with van der Waals surface area (Å²) < 4.78 is 46.1. The second-order valence-electron chi connectivity index (χ2n) is 10.7. The molecule has 4 aromatic rings. The highest BCUT2D eigenvalue weighted by atomic mass is 19.4. The molecule has 2 heterocycles. The second-order valence-corrected chi connectivity index (χ2v) is 10.7. The maximum Gasteiger partial charge on any atom is 0.416 e. The predicted octanol–water partition coefficient (Wildman–Crippen LogP) is 7.98.